The number of rotatable bonds is 4. The van der Waals surface area contributed by atoms with E-state index < -0.39 is 0 Å². The molecule has 0 aliphatic carbocycles. The molecule has 0 aliphatic heterocycles. The molecule has 0 aromatic carbocycles. The molecule has 0 atom stereocenters. The predicted octanol–water partition coefficient (Wildman–Crippen LogP) is 2.00. The van der Waals surface area contributed by atoms with Gasteiger partial charge in [-0.25, -0.2) is 6.57 Å². The second-order valence-electron chi connectivity index (χ2n) is 3.60. The number of hydrogen-bond donors (Lipinski definition) is 0. The molecule has 0 spiro atoms. The zero-order valence-electron chi connectivity index (χ0n) is 8.20. The Balaban J connectivity index is 2.49. The maximum absolute atomic E-state index is 6.67. The lowest BCUT2D eigenvalue weighted by atomic mass is 10.2. The summed E-state index contributed by atoms with van der Waals surface area (Å²) in [5, 5.41) is 4.22. The van der Waals surface area contributed by atoms with Crippen molar-refractivity contribution >= 4 is 0 Å². The van der Waals surface area contributed by atoms with Gasteiger partial charge in [-0.2, -0.15) is 5.10 Å². The van der Waals surface area contributed by atoms with Gasteiger partial charge in [0, 0.05) is 19.2 Å². The molecule has 70 valence electrons. The van der Waals surface area contributed by atoms with Crippen LogP contribution in [0.1, 0.15) is 19.4 Å². The summed E-state index contributed by atoms with van der Waals surface area (Å²) < 4.78 is 1.95. The van der Waals surface area contributed by atoms with Crippen LogP contribution in [0.15, 0.2) is 12.4 Å². The van der Waals surface area contributed by atoms with Gasteiger partial charge in [0.05, 0.1) is 6.20 Å². The average molecular weight is 177 g/mol. The third kappa shape index (κ3) is 3.29. The zero-order chi connectivity index (χ0) is 9.68. The lowest BCUT2D eigenvalue weighted by Gasteiger charge is -2.02. The molecule has 0 N–H and O–H groups in total. The van der Waals surface area contributed by atoms with E-state index in [1.807, 2.05) is 17.1 Å². The van der Waals surface area contributed by atoms with Crippen LogP contribution in [0.2, 0.25) is 0 Å². The van der Waals surface area contributed by atoms with E-state index in [0.29, 0.717) is 12.5 Å². The van der Waals surface area contributed by atoms with E-state index in [1.54, 1.807) is 0 Å². The molecule has 0 bridgehead atoms. The lowest BCUT2D eigenvalue weighted by Crippen LogP contribution is -2.04. The van der Waals surface area contributed by atoms with Crippen molar-refractivity contribution in [2.75, 3.05) is 6.54 Å². The van der Waals surface area contributed by atoms with Crippen molar-refractivity contribution in [3.63, 3.8) is 0 Å². The first-order chi connectivity index (χ1) is 6.22. The van der Waals surface area contributed by atoms with Crippen LogP contribution in [0.25, 0.3) is 4.85 Å². The minimum absolute atomic E-state index is 0.563. The fraction of sp³-hybridized carbons (Fsp3) is 0.600. The smallest absolute Gasteiger partial charge is 0.218 e. The van der Waals surface area contributed by atoms with E-state index >= 15 is 0 Å². The molecule has 1 rings (SSSR count). The average Bonchev–Trinajstić information content (AvgIpc) is 2.48. The Morgan fingerprint density at radius 3 is 3.00 bits per heavy atom. The molecular weight excluding hydrogens is 162 g/mol. The summed E-state index contributed by atoms with van der Waals surface area (Å²) in [5.41, 5.74) is 1.16. The Kier molecular flexibility index (Phi) is 3.51. The normalized spacial score (nSPS) is 10.3. The van der Waals surface area contributed by atoms with E-state index in [0.717, 1.165) is 18.5 Å². The summed E-state index contributed by atoms with van der Waals surface area (Å²) in [4.78, 5) is 3.31. The molecule has 0 unspecified atom stereocenters. The molecule has 1 heterocycles. The first kappa shape index (κ1) is 9.79. The first-order valence-electron chi connectivity index (χ1n) is 4.57. The summed E-state index contributed by atoms with van der Waals surface area (Å²) >= 11 is 0. The van der Waals surface area contributed by atoms with E-state index in [2.05, 4.69) is 23.8 Å². The molecule has 1 aromatic heterocycles. The Morgan fingerprint density at radius 1 is 1.62 bits per heavy atom. The fourth-order valence-corrected chi connectivity index (χ4v) is 1.19. The topological polar surface area (TPSA) is 22.2 Å². The van der Waals surface area contributed by atoms with E-state index in [1.165, 1.54) is 0 Å². The molecule has 3 nitrogen and oxygen atoms in total. The second kappa shape index (κ2) is 4.66. The van der Waals surface area contributed by atoms with Gasteiger partial charge in [0.2, 0.25) is 6.54 Å². The second-order valence-corrected chi connectivity index (χ2v) is 3.60. The summed E-state index contributed by atoms with van der Waals surface area (Å²) in [6.07, 6.45) is 4.71. The monoisotopic (exact) mass is 177 g/mol. The zero-order valence-corrected chi connectivity index (χ0v) is 8.20. The SMILES string of the molecule is [C-]#[N+]CCc1cnn(CC(C)C)c1. The number of aromatic nitrogens is 2. The van der Waals surface area contributed by atoms with Crippen molar-refractivity contribution in [2.24, 2.45) is 5.92 Å². The molecule has 13 heavy (non-hydrogen) atoms. The highest BCUT2D eigenvalue weighted by Gasteiger charge is 2.01. The van der Waals surface area contributed by atoms with Gasteiger partial charge in [-0.3, -0.25) is 4.68 Å². The minimum Gasteiger partial charge on any atom is -0.317 e. The van der Waals surface area contributed by atoms with Crippen molar-refractivity contribution < 1.29 is 0 Å². The largest absolute Gasteiger partial charge is 0.317 e. The standard InChI is InChI=1S/C10H15N3/c1-9(2)7-13-8-10(6-12-13)4-5-11-3/h6,8-9H,4-5,7H2,1-2H3. The maximum Gasteiger partial charge on any atom is 0.218 e. The summed E-state index contributed by atoms with van der Waals surface area (Å²) in [6, 6.07) is 0. The molecule has 0 fully saturated rings. The van der Waals surface area contributed by atoms with Gasteiger partial charge in [-0.15, -0.1) is 0 Å². The summed E-state index contributed by atoms with van der Waals surface area (Å²) in [5.74, 6) is 0.619. The van der Waals surface area contributed by atoms with Crippen LogP contribution < -0.4 is 0 Å². The minimum atomic E-state index is 0.563. The van der Waals surface area contributed by atoms with Crippen LogP contribution in [-0.2, 0) is 13.0 Å². The molecule has 0 aliphatic rings. The quantitative estimate of drug-likeness (QED) is 0.645. The van der Waals surface area contributed by atoms with Gasteiger partial charge < -0.3 is 4.85 Å². The third-order valence-electron chi connectivity index (χ3n) is 1.75. The molecular formula is C10H15N3. The highest BCUT2D eigenvalue weighted by Crippen LogP contribution is 2.02. The Morgan fingerprint density at radius 2 is 2.38 bits per heavy atom. The van der Waals surface area contributed by atoms with Crippen LogP contribution in [0.3, 0.4) is 0 Å². The Labute approximate surface area is 79.2 Å². The van der Waals surface area contributed by atoms with Crippen molar-refractivity contribution in [1.82, 2.24) is 9.78 Å². The van der Waals surface area contributed by atoms with E-state index in [-0.39, 0.29) is 0 Å². The van der Waals surface area contributed by atoms with Crippen molar-refractivity contribution in [3.8, 4) is 0 Å². The van der Waals surface area contributed by atoms with Crippen molar-refractivity contribution in [3.05, 3.63) is 29.4 Å². The van der Waals surface area contributed by atoms with Gasteiger partial charge in [-0.1, -0.05) is 13.8 Å². The van der Waals surface area contributed by atoms with E-state index in [4.69, 9.17) is 6.57 Å². The van der Waals surface area contributed by atoms with Gasteiger partial charge in [0.25, 0.3) is 0 Å². The van der Waals surface area contributed by atoms with Crippen molar-refractivity contribution in [2.45, 2.75) is 26.8 Å². The highest BCUT2D eigenvalue weighted by atomic mass is 15.3. The number of nitrogens with zero attached hydrogens (tertiary/aromatic N) is 3. The lowest BCUT2D eigenvalue weighted by molar-refractivity contribution is 0.483. The van der Waals surface area contributed by atoms with Crippen LogP contribution >= 0.6 is 0 Å². The van der Waals surface area contributed by atoms with Crippen molar-refractivity contribution in [1.29, 1.82) is 0 Å². The molecule has 0 saturated heterocycles. The van der Waals surface area contributed by atoms with Gasteiger partial charge in [-0.05, 0) is 11.5 Å². The van der Waals surface area contributed by atoms with Gasteiger partial charge in [0.15, 0.2) is 0 Å². The van der Waals surface area contributed by atoms with Crippen LogP contribution in [0.4, 0.5) is 0 Å². The molecule has 3 heteroatoms. The Hall–Kier alpha value is -1.30. The molecule has 0 amide bonds. The summed E-state index contributed by atoms with van der Waals surface area (Å²) in [7, 11) is 0. The first-order valence-corrected chi connectivity index (χ1v) is 4.57. The number of hydrogen-bond acceptors (Lipinski definition) is 1. The van der Waals surface area contributed by atoms with Gasteiger partial charge in [0.1, 0.15) is 0 Å². The highest BCUT2D eigenvalue weighted by molar-refractivity contribution is 5.05. The van der Waals surface area contributed by atoms with Crippen LogP contribution in [0, 0.1) is 12.5 Å². The van der Waals surface area contributed by atoms with Crippen LogP contribution in [-0.4, -0.2) is 16.3 Å². The summed E-state index contributed by atoms with van der Waals surface area (Å²) in [6.45, 7) is 12.5. The Bertz CT molecular complexity index is 293. The fourth-order valence-electron chi connectivity index (χ4n) is 1.19. The third-order valence-corrected chi connectivity index (χ3v) is 1.75. The molecule has 1 aromatic rings. The van der Waals surface area contributed by atoms with Gasteiger partial charge >= 0.3 is 0 Å². The molecule has 0 saturated carbocycles. The van der Waals surface area contributed by atoms with Crippen LogP contribution in [0.5, 0.6) is 0 Å². The predicted molar refractivity (Wildman–Crippen MR) is 52.2 cm³/mol. The maximum atomic E-state index is 6.67. The van der Waals surface area contributed by atoms with E-state index in [9.17, 15) is 0 Å². The molecule has 0 radical (unpaired) electrons.